The third kappa shape index (κ3) is 2.39. The zero-order valence-corrected chi connectivity index (χ0v) is 12.2. The molecule has 0 bridgehead atoms. The average Bonchev–Trinajstić information content (AvgIpc) is 2.74. The standard InChI is InChI=1S/C14H22N2O4/c1-8-6-9(10(7-8)12(18)19)11(17)16-5-4-15-13(20)14(16,2)3/h8-10H,4-7H2,1-3H3,(H,15,20)(H,18,19). The van der Waals surface area contributed by atoms with E-state index in [0.717, 1.165) is 0 Å². The molecule has 0 aromatic carbocycles. The molecule has 3 unspecified atom stereocenters. The van der Waals surface area contributed by atoms with Gasteiger partial charge in [0.15, 0.2) is 0 Å². The molecular formula is C14H22N2O4. The second-order valence-corrected chi connectivity index (χ2v) is 6.43. The van der Waals surface area contributed by atoms with Crippen LogP contribution in [0.25, 0.3) is 0 Å². The number of carboxylic acid groups (broad SMARTS) is 1. The summed E-state index contributed by atoms with van der Waals surface area (Å²) in [4.78, 5) is 37.5. The van der Waals surface area contributed by atoms with Crippen LogP contribution in [0.4, 0.5) is 0 Å². The quantitative estimate of drug-likeness (QED) is 0.771. The van der Waals surface area contributed by atoms with E-state index in [4.69, 9.17) is 0 Å². The first-order chi connectivity index (χ1) is 9.25. The van der Waals surface area contributed by atoms with E-state index < -0.39 is 23.3 Å². The zero-order valence-electron chi connectivity index (χ0n) is 12.2. The summed E-state index contributed by atoms with van der Waals surface area (Å²) in [7, 11) is 0. The Morgan fingerprint density at radius 2 is 1.90 bits per heavy atom. The molecule has 2 rings (SSSR count). The van der Waals surface area contributed by atoms with Crippen LogP contribution in [-0.4, -0.2) is 46.4 Å². The number of amides is 2. The molecule has 2 aliphatic rings. The maximum Gasteiger partial charge on any atom is 0.307 e. The Morgan fingerprint density at radius 3 is 2.50 bits per heavy atom. The van der Waals surface area contributed by atoms with Crippen molar-refractivity contribution in [2.45, 2.75) is 39.2 Å². The Bertz CT molecular complexity index is 446. The number of aliphatic carboxylic acids is 1. The van der Waals surface area contributed by atoms with Gasteiger partial charge in [0, 0.05) is 13.1 Å². The Labute approximate surface area is 118 Å². The minimum Gasteiger partial charge on any atom is -0.481 e. The molecule has 112 valence electrons. The van der Waals surface area contributed by atoms with Crippen LogP contribution in [0, 0.1) is 17.8 Å². The van der Waals surface area contributed by atoms with Gasteiger partial charge in [-0.15, -0.1) is 0 Å². The first-order valence-corrected chi connectivity index (χ1v) is 7.07. The molecule has 20 heavy (non-hydrogen) atoms. The first-order valence-electron chi connectivity index (χ1n) is 7.07. The molecule has 2 N–H and O–H groups in total. The number of carbonyl (C=O) groups is 3. The van der Waals surface area contributed by atoms with Crippen LogP contribution >= 0.6 is 0 Å². The van der Waals surface area contributed by atoms with Gasteiger partial charge in [-0.25, -0.2) is 0 Å². The smallest absolute Gasteiger partial charge is 0.307 e. The molecule has 1 saturated heterocycles. The molecule has 0 radical (unpaired) electrons. The fourth-order valence-corrected chi connectivity index (χ4v) is 3.32. The van der Waals surface area contributed by atoms with E-state index in [2.05, 4.69) is 5.32 Å². The van der Waals surface area contributed by atoms with E-state index in [1.165, 1.54) is 0 Å². The Kier molecular flexibility index (Phi) is 3.75. The fraction of sp³-hybridized carbons (Fsp3) is 0.786. The summed E-state index contributed by atoms with van der Waals surface area (Å²) < 4.78 is 0. The van der Waals surface area contributed by atoms with Crippen molar-refractivity contribution in [2.75, 3.05) is 13.1 Å². The van der Waals surface area contributed by atoms with Gasteiger partial charge >= 0.3 is 5.97 Å². The first kappa shape index (κ1) is 14.8. The van der Waals surface area contributed by atoms with Crippen molar-refractivity contribution in [2.24, 2.45) is 17.8 Å². The molecule has 1 aliphatic heterocycles. The number of nitrogens with one attached hydrogen (secondary N) is 1. The number of rotatable bonds is 2. The molecule has 6 nitrogen and oxygen atoms in total. The Morgan fingerprint density at radius 1 is 1.30 bits per heavy atom. The third-order valence-electron chi connectivity index (χ3n) is 4.55. The lowest BCUT2D eigenvalue weighted by molar-refractivity contribution is -0.156. The number of piperazine rings is 1. The number of hydrogen-bond acceptors (Lipinski definition) is 3. The average molecular weight is 282 g/mol. The molecule has 2 amide bonds. The highest BCUT2D eigenvalue weighted by atomic mass is 16.4. The van der Waals surface area contributed by atoms with Crippen molar-refractivity contribution < 1.29 is 19.5 Å². The van der Waals surface area contributed by atoms with Crippen molar-refractivity contribution in [1.29, 1.82) is 0 Å². The van der Waals surface area contributed by atoms with Crippen LogP contribution in [0.5, 0.6) is 0 Å². The molecule has 6 heteroatoms. The third-order valence-corrected chi connectivity index (χ3v) is 4.55. The zero-order chi connectivity index (χ0) is 15.1. The summed E-state index contributed by atoms with van der Waals surface area (Å²) in [6.07, 6.45) is 1.12. The van der Waals surface area contributed by atoms with Crippen molar-refractivity contribution in [1.82, 2.24) is 10.2 Å². The Hall–Kier alpha value is -1.59. The SMILES string of the molecule is CC1CC(C(=O)O)C(C(=O)N2CCNC(=O)C2(C)C)C1. The van der Waals surface area contributed by atoms with Crippen LogP contribution in [0.1, 0.15) is 33.6 Å². The van der Waals surface area contributed by atoms with Crippen LogP contribution in [0.15, 0.2) is 0 Å². The molecule has 0 aromatic rings. The van der Waals surface area contributed by atoms with Gasteiger partial charge in [-0.3, -0.25) is 14.4 Å². The molecule has 0 spiro atoms. The van der Waals surface area contributed by atoms with Gasteiger partial charge in [-0.1, -0.05) is 6.92 Å². The monoisotopic (exact) mass is 282 g/mol. The highest BCUT2D eigenvalue weighted by molar-refractivity contribution is 5.94. The van der Waals surface area contributed by atoms with E-state index in [1.54, 1.807) is 18.7 Å². The second kappa shape index (κ2) is 5.07. The summed E-state index contributed by atoms with van der Waals surface area (Å²) >= 11 is 0. The van der Waals surface area contributed by atoms with E-state index in [1.807, 2.05) is 6.92 Å². The van der Waals surface area contributed by atoms with Crippen molar-refractivity contribution in [3.8, 4) is 0 Å². The van der Waals surface area contributed by atoms with Crippen molar-refractivity contribution in [3.63, 3.8) is 0 Å². The van der Waals surface area contributed by atoms with Crippen molar-refractivity contribution in [3.05, 3.63) is 0 Å². The van der Waals surface area contributed by atoms with E-state index in [0.29, 0.717) is 25.9 Å². The van der Waals surface area contributed by atoms with E-state index in [9.17, 15) is 19.5 Å². The van der Waals surface area contributed by atoms with E-state index in [-0.39, 0.29) is 17.7 Å². The normalized spacial score (nSPS) is 32.9. The molecule has 0 aromatic heterocycles. The lowest BCUT2D eigenvalue weighted by atomic mass is 9.90. The number of carboxylic acids is 1. The predicted molar refractivity (Wildman–Crippen MR) is 71.8 cm³/mol. The largest absolute Gasteiger partial charge is 0.481 e. The topological polar surface area (TPSA) is 86.7 Å². The minimum absolute atomic E-state index is 0.185. The van der Waals surface area contributed by atoms with Gasteiger partial charge in [0.25, 0.3) is 0 Å². The van der Waals surface area contributed by atoms with Gasteiger partial charge in [-0.05, 0) is 32.6 Å². The lowest BCUT2D eigenvalue weighted by Crippen LogP contribution is -2.64. The van der Waals surface area contributed by atoms with Crippen LogP contribution in [-0.2, 0) is 14.4 Å². The summed E-state index contributed by atoms with van der Waals surface area (Å²) in [5, 5.41) is 12.0. The predicted octanol–water partition coefficient (Wildman–Crippen LogP) is 0.470. The minimum atomic E-state index is -0.912. The second-order valence-electron chi connectivity index (χ2n) is 6.43. The highest BCUT2D eigenvalue weighted by Crippen LogP contribution is 2.38. The summed E-state index contributed by atoms with van der Waals surface area (Å²) in [5.41, 5.74) is -0.912. The molecular weight excluding hydrogens is 260 g/mol. The van der Waals surface area contributed by atoms with Crippen LogP contribution in [0.2, 0.25) is 0 Å². The Balaban J connectivity index is 2.22. The highest BCUT2D eigenvalue weighted by Gasteiger charge is 2.48. The lowest BCUT2D eigenvalue weighted by Gasteiger charge is -2.42. The molecule has 1 aliphatic carbocycles. The van der Waals surface area contributed by atoms with Crippen LogP contribution in [0.3, 0.4) is 0 Å². The summed E-state index contributed by atoms with van der Waals surface area (Å²) in [6, 6.07) is 0. The van der Waals surface area contributed by atoms with Crippen LogP contribution < -0.4 is 5.32 Å². The van der Waals surface area contributed by atoms with Gasteiger partial charge in [0.1, 0.15) is 5.54 Å². The number of hydrogen-bond donors (Lipinski definition) is 2. The number of nitrogens with zero attached hydrogens (tertiary/aromatic N) is 1. The molecule has 2 fully saturated rings. The summed E-state index contributed by atoms with van der Waals surface area (Å²) in [6.45, 7) is 6.24. The van der Waals surface area contributed by atoms with Gasteiger partial charge in [0.05, 0.1) is 11.8 Å². The van der Waals surface area contributed by atoms with Crippen molar-refractivity contribution >= 4 is 17.8 Å². The maximum atomic E-state index is 12.7. The molecule has 3 atom stereocenters. The van der Waals surface area contributed by atoms with Gasteiger partial charge in [0.2, 0.25) is 11.8 Å². The number of carbonyl (C=O) groups excluding carboxylic acids is 2. The van der Waals surface area contributed by atoms with Gasteiger partial charge in [-0.2, -0.15) is 0 Å². The maximum absolute atomic E-state index is 12.7. The molecule has 1 saturated carbocycles. The summed E-state index contributed by atoms with van der Waals surface area (Å²) in [5.74, 6) is -2.19. The van der Waals surface area contributed by atoms with Gasteiger partial charge < -0.3 is 15.3 Å². The van der Waals surface area contributed by atoms with E-state index >= 15 is 0 Å². The fourth-order valence-electron chi connectivity index (χ4n) is 3.32. The molecule has 1 heterocycles.